The van der Waals surface area contributed by atoms with E-state index in [4.69, 9.17) is 0 Å². The molecule has 1 aromatic carbocycles. The standard InChI is InChI=1S/C25H39N3O/c1-21(29)20-27-13-10-22(11-14-27)9-12-26-15-17-28(18-16-26)25-8-7-23-5-3-2-4-6-24(23)19-25/h7-8,19,22H,2-6,9-18,20H2,1H3. The predicted molar refractivity (Wildman–Crippen MR) is 121 cm³/mol. The van der Waals surface area contributed by atoms with Crippen molar-refractivity contribution in [3.05, 3.63) is 29.3 Å². The van der Waals surface area contributed by atoms with Gasteiger partial charge in [0.25, 0.3) is 0 Å². The van der Waals surface area contributed by atoms with Crippen molar-refractivity contribution in [2.75, 3.05) is 57.3 Å². The second-order valence-electron chi connectivity index (χ2n) is 9.55. The lowest BCUT2D eigenvalue weighted by Gasteiger charge is -2.38. The summed E-state index contributed by atoms with van der Waals surface area (Å²) in [5.41, 5.74) is 4.65. The summed E-state index contributed by atoms with van der Waals surface area (Å²) in [4.78, 5) is 18.9. The number of ketones is 1. The Morgan fingerprint density at radius 3 is 2.34 bits per heavy atom. The smallest absolute Gasteiger partial charge is 0.143 e. The Hall–Kier alpha value is -1.39. The highest BCUT2D eigenvalue weighted by Crippen LogP contribution is 2.27. The number of benzene rings is 1. The largest absolute Gasteiger partial charge is 0.369 e. The molecule has 4 nitrogen and oxygen atoms in total. The van der Waals surface area contributed by atoms with Gasteiger partial charge in [0, 0.05) is 31.9 Å². The van der Waals surface area contributed by atoms with Crippen molar-refractivity contribution in [1.29, 1.82) is 0 Å². The van der Waals surface area contributed by atoms with E-state index in [0.717, 1.165) is 32.1 Å². The summed E-state index contributed by atoms with van der Waals surface area (Å²) >= 11 is 0. The van der Waals surface area contributed by atoms with Crippen molar-refractivity contribution in [3.8, 4) is 0 Å². The lowest BCUT2D eigenvalue weighted by molar-refractivity contribution is -0.118. The highest BCUT2D eigenvalue weighted by Gasteiger charge is 2.22. The molecular weight excluding hydrogens is 358 g/mol. The van der Waals surface area contributed by atoms with Crippen LogP contribution in [0.15, 0.2) is 18.2 Å². The van der Waals surface area contributed by atoms with Crippen molar-refractivity contribution in [3.63, 3.8) is 0 Å². The molecule has 2 aliphatic heterocycles. The summed E-state index contributed by atoms with van der Waals surface area (Å²) in [7, 11) is 0. The quantitative estimate of drug-likeness (QED) is 0.683. The highest BCUT2D eigenvalue weighted by molar-refractivity contribution is 5.77. The molecule has 0 amide bonds. The van der Waals surface area contributed by atoms with Gasteiger partial charge in [-0.05, 0) is 101 Å². The van der Waals surface area contributed by atoms with E-state index in [9.17, 15) is 4.79 Å². The summed E-state index contributed by atoms with van der Waals surface area (Å²) in [6.45, 7) is 10.5. The number of fused-ring (bicyclic) bond motifs is 1. The minimum atomic E-state index is 0.302. The van der Waals surface area contributed by atoms with Crippen LogP contribution >= 0.6 is 0 Å². The molecule has 0 saturated carbocycles. The maximum Gasteiger partial charge on any atom is 0.143 e. The van der Waals surface area contributed by atoms with E-state index in [0.29, 0.717) is 12.3 Å². The van der Waals surface area contributed by atoms with E-state index in [1.54, 1.807) is 18.1 Å². The molecule has 1 aliphatic carbocycles. The molecule has 29 heavy (non-hydrogen) atoms. The monoisotopic (exact) mass is 397 g/mol. The molecule has 0 bridgehead atoms. The van der Waals surface area contributed by atoms with Crippen molar-refractivity contribution < 1.29 is 4.79 Å². The van der Waals surface area contributed by atoms with Gasteiger partial charge in [-0.2, -0.15) is 0 Å². The SMILES string of the molecule is CC(=O)CN1CCC(CCN2CCN(c3ccc4c(c3)CCCCC4)CC2)CC1. The fraction of sp³-hybridized carbons (Fsp3) is 0.720. The van der Waals surface area contributed by atoms with Crippen LogP contribution in [0.2, 0.25) is 0 Å². The Labute approximate surface area is 177 Å². The third-order valence-electron chi connectivity index (χ3n) is 7.33. The fourth-order valence-electron chi connectivity index (χ4n) is 5.44. The molecule has 160 valence electrons. The van der Waals surface area contributed by atoms with Gasteiger partial charge in [0.15, 0.2) is 0 Å². The van der Waals surface area contributed by atoms with Gasteiger partial charge in [0.05, 0.1) is 6.54 Å². The van der Waals surface area contributed by atoms with Gasteiger partial charge in [-0.1, -0.05) is 12.5 Å². The molecule has 4 heteroatoms. The van der Waals surface area contributed by atoms with E-state index in [1.807, 2.05) is 0 Å². The topological polar surface area (TPSA) is 26.8 Å². The lowest BCUT2D eigenvalue weighted by atomic mass is 9.93. The molecule has 2 saturated heterocycles. The summed E-state index contributed by atoms with van der Waals surface area (Å²) in [5.74, 6) is 1.15. The van der Waals surface area contributed by atoms with Crippen LogP contribution in [-0.4, -0.2) is 67.9 Å². The molecule has 0 radical (unpaired) electrons. The van der Waals surface area contributed by atoms with Crippen molar-refractivity contribution in [1.82, 2.24) is 9.80 Å². The van der Waals surface area contributed by atoms with Crippen LogP contribution in [0, 0.1) is 5.92 Å². The number of hydrogen-bond acceptors (Lipinski definition) is 4. The zero-order chi connectivity index (χ0) is 20.1. The van der Waals surface area contributed by atoms with Gasteiger partial charge in [-0.15, -0.1) is 0 Å². The average Bonchev–Trinajstić information content (AvgIpc) is 2.98. The number of nitrogens with zero attached hydrogens (tertiary/aromatic N) is 3. The van der Waals surface area contributed by atoms with Crippen LogP contribution in [0.25, 0.3) is 0 Å². The maximum atomic E-state index is 11.3. The number of piperazine rings is 1. The third kappa shape index (κ3) is 5.82. The number of rotatable bonds is 6. The zero-order valence-corrected chi connectivity index (χ0v) is 18.4. The number of hydrogen-bond donors (Lipinski definition) is 0. The maximum absolute atomic E-state index is 11.3. The molecule has 1 aromatic rings. The number of piperidine rings is 1. The van der Waals surface area contributed by atoms with Crippen molar-refractivity contribution in [2.24, 2.45) is 5.92 Å². The molecule has 2 fully saturated rings. The third-order valence-corrected chi connectivity index (χ3v) is 7.33. The predicted octanol–water partition coefficient (Wildman–Crippen LogP) is 3.77. The highest BCUT2D eigenvalue weighted by atomic mass is 16.1. The molecule has 0 N–H and O–H groups in total. The van der Waals surface area contributed by atoms with Gasteiger partial charge in [-0.25, -0.2) is 0 Å². The zero-order valence-electron chi connectivity index (χ0n) is 18.4. The molecule has 0 atom stereocenters. The molecule has 2 heterocycles. The van der Waals surface area contributed by atoms with Crippen LogP contribution in [0.1, 0.15) is 56.6 Å². The first-order chi connectivity index (χ1) is 14.2. The summed E-state index contributed by atoms with van der Waals surface area (Å²) < 4.78 is 0. The summed E-state index contributed by atoms with van der Waals surface area (Å²) in [6.07, 6.45) is 10.5. The van der Waals surface area contributed by atoms with Crippen LogP contribution in [0.4, 0.5) is 5.69 Å². The fourth-order valence-corrected chi connectivity index (χ4v) is 5.44. The Balaban J connectivity index is 1.19. The Morgan fingerprint density at radius 1 is 0.897 bits per heavy atom. The van der Waals surface area contributed by atoms with Crippen LogP contribution < -0.4 is 4.90 Å². The van der Waals surface area contributed by atoms with E-state index >= 15 is 0 Å². The van der Waals surface area contributed by atoms with E-state index in [2.05, 4.69) is 32.9 Å². The molecular formula is C25H39N3O. The van der Waals surface area contributed by atoms with Gasteiger partial charge in [0.1, 0.15) is 5.78 Å². The number of aryl methyl sites for hydroxylation is 2. The summed E-state index contributed by atoms with van der Waals surface area (Å²) in [6, 6.07) is 7.26. The first-order valence-electron chi connectivity index (χ1n) is 12.0. The average molecular weight is 398 g/mol. The van der Waals surface area contributed by atoms with E-state index in [-0.39, 0.29) is 0 Å². The Bertz CT molecular complexity index is 673. The minimum Gasteiger partial charge on any atom is -0.369 e. The van der Waals surface area contributed by atoms with Gasteiger partial charge in [0.2, 0.25) is 0 Å². The summed E-state index contributed by atoms with van der Waals surface area (Å²) in [5, 5.41) is 0. The molecule has 0 unspecified atom stereocenters. The second kappa shape index (κ2) is 10.1. The van der Waals surface area contributed by atoms with Gasteiger partial charge in [-0.3, -0.25) is 14.6 Å². The number of carbonyl (C=O) groups is 1. The van der Waals surface area contributed by atoms with Crippen molar-refractivity contribution >= 4 is 11.5 Å². The molecule has 0 aromatic heterocycles. The van der Waals surface area contributed by atoms with Crippen LogP contribution in [0.5, 0.6) is 0 Å². The second-order valence-corrected chi connectivity index (χ2v) is 9.55. The van der Waals surface area contributed by atoms with E-state index in [1.165, 1.54) is 76.7 Å². The number of carbonyl (C=O) groups excluding carboxylic acids is 1. The number of Topliss-reactive ketones (excluding diaryl/α,β-unsaturated/α-hetero) is 1. The normalized spacial score (nSPS) is 22.3. The Morgan fingerprint density at radius 2 is 1.62 bits per heavy atom. The van der Waals surface area contributed by atoms with E-state index < -0.39 is 0 Å². The lowest BCUT2D eigenvalue weighted by Crippen LogP contribution is -2.47. The van der Waals surface area contributed by atoms with Gasteiger partial charge >= 0.3 is 0 Å². The van der Waals surface area contributed by atoms with Crippen LogP contribution in [-0.2, 0) is 17.6 Å². The van der Waals surface area contributed by atoms with Crippen LogP contribution in [0.3, 0.4) is 0 Å². The van der Waals surface area contributed by atoms with Crippen molar-refractivity contribution in [2.45, 2.75) is 58.3 Å². The number of anilines is 1. The first kappa shape index (κ1) is 20.9. The molecule has 4 rings (SSSR count). The first-order valence-corrected chi connectivity index (χ1v) is 12.0. The Kier molecular flexibility index (Phi) is 7.25. The van der Waals surface area contributed by atoms with Gasteiger partial charge < -0.3 is 4.90 Å². The minimum absolute atomic E-state index is 0.302. The molecule has 3 aliphatic rings. The number of likely N-dealkylation sites (tertiary alicyclic amines) is 1. The molecule has 0 spiro atoms.